The van der Waals surface area contributed by atoms with Crippen molar-refractivity contribution >= 4 is 41.3 Å². The lowest BCUT2D eigenvalue weighted by atomic mass is 10.5. The molecular weight excluding hydrogens is 217 g/mol. The zero-order chi connectivity index (χ0) is 7.56. The van der Waals surface area contributed by atoms with Crippen LogP contribution in [0.5, 0.6) is 0 Å². The molecule has 3 nitrogen and oxygen atoms in total. The average Bonchev–Trinajstić information content (AvgIpc) is 2.13. The molecule has 0 amide bonds. The maximum atomic E-state index is 5.44. The molecule has 0 saturated carbocycles. The molecule has 0 aliphatic carbocycles. The van der Waals surface area contributed by atoms with Crippen LogP contribution < -0.4 is 5.73 Å². The summed E-state index contributed by atoms with van der Waals surface area (Å²) < 4.78 is 0. The fraction of sp³-hybridized carbons (Fsp3) is 0.500. The summed E-state index contributed by atoms with van der Waals surface area (Å²) in [6, 6.07) is 0. The van der Waals surface area contributed by atoms with Crippen LogP contribution in [0.4, 0.5) is 5.13 Å². The predicted molar refractivity (Wildman–Crippen MR) is 58.4 cm³/mol. The Labute approximate surface area is 88.8 Å². The van der Waals surface area contributed by atoms with Crippen molar-refractivity contribution < 1.29 is 0 Å². The van der Waals surface area contributed by atoms with Crippen molar-refractivity contribution in [3.8, 4) is 0 Å². The molecule has 0 aliphatic heterocycles. The van der Waals surface area contributed by atoms with Gasteiger partial charge in [-0.1, -0.05) is 0 Å². The fourth-order valence-electron chi connectivity index (χ4n) is 0.707. The Morgan fingerprint density at radius 1 is 1.50 bits per heavy atom. The first-order chi connectivity index (χ1) is 4.68. The molecule has 0 aromatic carbocycles. The Morgan fingerprint density at radius 3 is 2.42 bits per heavy atom. The van der Waals surface area contributed by atoms with Gasteiger partial charge in [0, 0.05) is 17.6 Å². The lowest BCUT2D eigenvalue weighted by molar-refractivity contribution is 0.406. The van der Waals surface area contributed by atoms with Gasteiger partial charge in [-0.15, -0.1) is 36.2 Å². The van der Waals surface area contributed by atoms with Gasteiger partial charge in [-0.25, -0.2) is 4.98 Å². The highest BCUT2D eigenvalue weighted by atomic mass is 35.5. The fourth-order valence-corrected chi connectivity index (χ4v) is 1.51. The molecule has 1 heterocycles. The lowest BCUT2D eigenvalue weighted by Crippen LogP contribution is -2.09. The smallest absolute Gasteiger partial charge is 0.180 e. The molecule has 1 aromatic heterocycles. The van der Waals surface area contributed by atoms with Gasteiger partial charge < -0.3 is 10.6 Å². The molecule has 6 heteroatoms. The van der Waals surface area contributed by atoms with Gasteiger partial charge in [-0.2, -0.15) is 0 Å². The predicted octanol–water partition coefficient (Wildman–Crippen LogP) is 1.63. The van der Waals surface area contributed by atoms with E-state index in [1.165, 1.54) is 4.88 Å². The van der Waals surface area contributed by atoms with E-state index in [0.29, 0.717) is 5.13 Å². The van der Waals surface area contributed by atoms with E-state index < -0.39 is 0 Å². The third kappa shape index (κ3) is 4.77. The molecule has 1 rings (SSSR count). The molecule has 0 aliphatic rings. The van der Waals surface area contributed by atoms with Crippen LogP contribution in [0.3, 0.4) is 0 Å². The van der Waals surface area contributed by atoms with E-state index in [1.54, 1.807) is 11.3 Å². The van der Waals surface area contributed by atoms with Crippen LogP contribution in [0.1, 0.15) is 4.88 Å². The molecule has 2 N–H and O–H groups in total. The van der Waals surface area contributed by atoms with Crippen molar-refractivity contribution in [3.63, 3.8) is 0 Å². The summed E-state index contributed by atoms with van der Waals surface area (Å²) >= 11 is 1.54. The summed E-state index contributed by atoms with van der Waals surface area (Å²) in [7, 11) is 4.05. The number of thiazole rings is 1. The van der Waals surface area contributed by atoms with Crippen LogP contribution in [0, 0.1) is 0 Å². The molecule has 0 atom stereocenters. The Kier molecular flexibility index (Phi) is 7.83. The van der Waals surface area contributed by atoms with Gasteiger partial charge >= 0.3 is 0 Å². The van der Waals surface area contributed by atoms with E-state index in [-0.39, 0.29) is 24.8 Å². The van der Waals surface area contributed by atoms with Crippen molar-refractivity contribution in [1.82, 2.24) is 9.88 Å². The molecule has 0 unspecified atom stereocenters. The third-order valence-electron chi connectivity index (χ3n) is 1.04. The second kappa shape index (κ2) is 6.48. The summed E-state index contributed by atoms with van der Waals surface area (Å²) in [6.45, 7) is 0.925. The molecule has 0 spiro atoms. The second-order valence-corrected chi connectivity index (χ2v) is 3.55. The Bertz CT molecular complexity index is 214. The molecule has 0 bridgehead atoms. The molecule has 12 heavy (non-hydrogen) atoms. The normalized spacial score (nSPS) is 8.92. The molecule has 0 radical (unpaired) electrons. The average molecular weight is 230 g/mol. The minimum atomic E-state index is 0. The van der Waals surface area contributed by atoms with Gasteiger partial charge in [-0.3, -0.25) is 0 Å². The number of rotatable bonds is 2. The van der Waals surface area contributed by atoms with E-state index in [0.717, 1.165) is 6.54 Å². The summed E-state index contributed by atoms with van der Waals surface area (Å²) in [5.41, 5.74) is 5.44. The van der Waals surface area contributed by atoms with Crippen molar-refractivity contribution in [2.24, 2.45) is 0 Å². The highest BCUT2D eigenvalue weighted by Crippen LogP contribution is 2.14. The van der Waals surface area contributed by atoms with E-state index in [4.69, 9.17) is 5.73 Å². The maximum Gasteiger partial charge on any atom is 0.180 e. The standard InChI is InChI=1S/C6H11N3S.2ClH/c1-9(2)4-5-3-8-6(7)10-5;;/h3H,4H2,1-2H3,(H2,7,8);2*1H. The van der Waals surface area contributed by atoms with Gasteiger partial charge in [0.25, 0.3) is 0 Å². The minimum absolute atomic E-state index is 0. The first-order valence-electron chi connectivity index (χ1n) is 3.03. The summed E-state index contributed by atoms with van der Waals surface area (Å²) in [4.78, 5) is 7.24. The SMILES string of the molecule is CN(C)Cc1cnc(N)s1.Cl.Cl. The number of halogens is 2. The van der Waals surface area contributed by atoms with Gasteiger partial charge in [0.2, 0.25) is 0 Å². The van der Waals surface area contributed by atoms with Crippen LogP contribution in [0.2, 0.25) is 0 Å². The summed E-state index contributed by atoms with van der Waals surface area (Å²) in [5.74, 6) is 0. The van der Waals surface area contributed by atoms with Crippen molar-refractivity contribution in [1.29, 1.82) is 0 Å². The van der Waals surface area contributed by atoms with E-state index in [2.05, 4.69) is 9.88 Å². The van der Waals surface area contributed by atoms with Crippen LogP contribution >= 0.6 is 36.2 Å². The van der Waals surface area contributed by atoms with E-state index >= 15 is 0 Å². The first kappa shape index (κ1) is 14.5. The highest BCUT2D eigenvalue weighted by Gasteiger charge is 1.98. The Morgan fingerprint density at radius 2 is 2.08 bits per heavy atom. The molecule has 0 fully saturated rings. The van der Waals surface area contributed by atoms with Crippen LogP contribution in [-0.4, -0.2) is 24.0 Å². The monoisotopic (exact) mass is 229 g/mol. The topological polar surface area (TPSA) is 42.2 Å². The number of anilines is 1. The van der Waals surface area contributed by atoms with Crippen LogP contribution in [-0.2, 0) is 6.54 Å². The Hall–Kier alpha value is -0.0300. The van der Waals surface area contributed by atoms with E-state index in [9.17, 15) is 0 Å². The minimum Gasteiger partial charge on any atom is -0.375 e. The van der Waals surface area contributed by atoms with Gasteiger partial charge in [-0.05, 0) is 14.1 Å². The zero-order valence-electron chi connectivity index (χ0n) is 6.98. The number of hydrogen-bond donors (Lipinski definition) is 1. The van der Waals surface area contributed by atoms with Crippen LogP contribution in [0.15, 0.2) is 6.20 Å². The second-order valence-electron chi connectivity index (χ2n) is 2.40. The molecular formula is C6H13Cl2N3S. The van der Waals surface area contributed by atoms with E-state index in [1.807, 2.05) is 20.3 Å². The molecule has 1 aromatic rings. The number of nitrogen functional groups attached to an aromatic ring is 1. The number of nitrogens with two attached hydrogens (primary N) is 1. The number of hydrogen-bond acceptors (Lipinski definition) is 4. The van der Waals surface area contributed by atoms with Crippen molar-refractivity contribution in [2.45, 2.75) is 6.54 Å². The lowest BCUT2D eigenvalue weighted by Gasteiger charge is -2.04. The Balaban J connectivity index is 0. The van der Waals surface area contributed by atoms with Crippen LogP contribution in [0.25, 0.3) is 0 Å². The van der Waals surface area contributed by atoms with Gasteiger partial charge in [0.05, 0.1) is 0 Å². The van der Waals surface area contributed by atoms with Gasteiger partial charge in [0.1, 0.15) is 0 Å². The van der Waals surface area contributed by atoms with Crippen molar-refractivity contribution in [2.75, 3.05) is 19.8 Å². The summed E-state index contributed by atoms with van der Waals surface area (Å²) in [6.07, 6.45) is 1.82. The number of nitrogens with zero attached hydrogens (tertiary/aromatic N) is 2. The summed E-state index contributed by atoms with van der Waals surface area (Å²) in [5, 5.41) is 0.650. The maximum absolute atomic E-state index is 5.44. The number of aromatic nitrogens is 1. The van der Waals surface area contributed by atoms with Crippen molar-refractivity contribution in [3.05, 3.63) is 11.1 Å². The first-order valence-corrected chi connectivity index (χ1v) is 3.85. The zero-order valence-corrected chi connectivity index (χ0v) is 9.43. The van der Waals surface area contributed by atoms with Gasteiger partial charge in [0.15, 0.2) is 5.13 Å². The third-order valence-corrected chi connectivity index (χ3v) is 1.85. The largest absolute Gasteiger partial charge is 0.375 e. The molecule has 72 valence electrons. The molecule has 0 saturated heterocycles. The highest BCUT2D eigenvalue weighted by molar-refractivity contribution is 7.15. The quantitative estimate of drug-likeness (QED) is 0.839.